The summed E-state index contributed by atoms with van der Waals surface area (Å²) in [6.07, 6.45) is -3.80. The smallest absolute Gasteiger partial charge is 0.408 e. The molecule has 0 N–H and O–H groups in total. The fourth-order valence-corrected chi connectivity index (χ4v) is 3.31. The molecule has 4 rings (SSSR count). The van der Waals surface area contributed by atoms with Gasteiger partial charge in [-0.3, -0.25) is 4.68 Å². The van der Waals surface area contributed by atoms with Crippen LogP contribution in [0.5, 0.6) is 5.88 Å². The highest BCUT2D eigenvalue weighted by Crippen LogP contribution is 2.34. The van der Waals surface area contributed by atoms with Gasteiger partial charge in [-0.05, 0) is 0 Å². The van der Waals surface area contributed by atoms with E-state index < -0.39 is 31.3 Å². The number of hydrogen-bond acceptors (Lipinski definition) is 7. The van der Waals surface area contributed by atoms with Gasteiger partial charge in [-0.25, -0.2) is 23.7 Å². The monoisotopic (exact) mass is 459 g/mol. The Hall–Kier alpha value is -3.27. The molecular weight excluding hydrogens is 449 g/mol. The number of hydrogen-bond donors (Lipinski definition) is 0. The first-order chi connectivity index (χ1) is 14.5. The molecule has 1 atom stereocenters. The quantitative estimate of drug-likeness (QED) is 0.437. The molecule has 0 spiro atoms. The number of rotatable bonds is 4. The summed E-state index contributed by atoms with van der Waals surface area (Å²) in [4.78, 5) is 12.6. The number of alkyl halides is 5. The molecule has 8 nitrogen and oxygen atoms in total. The highest BCUT2D eigenvalue weighted by molar-refractivity contribution is 6.29. The zero-order chi connectivity index (χ0) is 22.4. The van der Waals surface area contributed by atoms with E-state index in [9.17, 15) is 22.0 Å². The number of anilines is 1. The van der Waals surface area contributed by atoms with Crippen molar-refractivity contribution >= 4 is 28.3 Å². The van der Waals surface area contributed by atoms with E-state index in [0.717, 1.165) is 6.07 Å². The second kappa shape index (κ2) is 7.45. The molecule has 14 heteroatoms. The van der Waals surface area contributed by atoms with Gasteiger partial charge in [0.15, 0.2) is 6.10 Å². The molecule has 162 valence electrons. The molecule has 1 fully saturated rings. The van der Waals surface area contributed by atoms with Gasteiger partial charge in [-0.15, -0.1) is 0 Å². The maximum Gasteiger partial charge on any atom is 0.408 e. The first-order valence-electron chi connectivity index (χ1n) is 8.66. The Morgan fingerprint density at radius 2 is 2.03 bits per heavy atom. The molecule has 0 aliphatic carbocycles. The van der Waals surface area contributed by atoms with E-state index in [1.165, 1.54) is 23.4 Å². The first kappa shape index (κ1) is 21.0. The van der Waals surface area contributed by atoms with Crippen molar-refractivity contribution in [3.05, 3.63) is 35.5 Å². The SMILES string of the molecule is N#Cc1nc(Cl)cc(N2C[C@H](Oc3cc4c(cn3)cnn4CC(F)(F)F)C(F)(F)C2)n1. The van der Waals surface area contributed by atoms with Crippen LogP contribution in [-0.2, 0) is 6.54 Å². The third-order valence-electron chi connectivity index (χ3n) is 4.46. The lowest BCUT2D eigenvalue weighted by molar-refractivity contribution is -0.141. The van der Waals surface area contributed by atoms with Gasteiger partial charge in [0.25, 0.3) is 0 Å². The predicted octanol–water partition coefficient (Wildman–Crippen LogP) is 3.21. The molecule has 3 aromatic heterocycles. The van der Waals surface area contributed by atoms with Gasteiger partial charge in [-0.2, -0.15) is 23.5 Å². The molecule has 0 saturated carbocycles. The molecule has 0 radical (unpaired) electrons. The maximum atomic E-state index is 14.6. The number of ether oxygens (including phenoxy) is 1. The van der Waals surface area contributed by atoms with Crippen molar-refractivity contribution in [2.24, 2.45) is 0 Å². The fraction of sp³-hybridized carbons (Fsp3) is 0.353. The van der Waals surface area contributed by atoms with Crippen LogP contribution in [0.2, 0.25) is 5.15 Å². The van der Waals surface area contributed by atoms with Crippen LogP contribution in [0.15, 0.2) is 24.5 Å². The van der Waals surface area contributed by atoms with Crippen LogP contribution in [0.3, 0.4) is 0 Å². The van der Waals surface area contributed by atoms with E-state index in [-0.39, 0.29) is 34.7 Å². The van der Waals surface area contributed by atoms with Gasteiger partial charge in [0.2, 0.25) is 11.7 Å². The first-order valence-corrected chi connectivity index (χ1v) is 9.04. The number of aromatic nitrogens is 5. The highest BCUT2D eigenvalue weighted by Gasteiger charge is 2.51. The summed E-state index contributed by atoms with van der Waals surface area (Å²) >= 11 is 5.80. The van der Waals surface area contributed by atoms with Crippen LogP contribution in [0, 0.1) is 11.3 Å². The van der Waals surface area contributed by atoms with Crippen molar-refractivity contribution in [2.45, 2.75) is 24.7 Å². The van der Waals surface area contributed by atoms with Crippen LogP contribution >= 0.6 is 11.6 Å². The van der Waals surface area contributed by atoms with Crippen LogP contribution in [-0.4, -0.2) is 56.0 Å². The van der Waals surface area contributed by atoms with E-state index >= 15 is 0 Å². The van der Waals surface area contributed by atoms with Gasteiger partial charge >= 0.3 is 12.1 Å². The summed E-state index contributed by atoms with van der Waals surface area (Å²) < 4.78 is 73.3. The second-order valence-electron chi connectivity index (χ2n) is 6.73. The lowest BCUT2D eigenvalue weighted by Crippen LogP contribution is -2.36. The van der Waals surface area contributed by atoms with Gasteiger partial charge in [0.05, 0.1) is 24.8 Å². The van der Waals surface area contributed by atoms with Crippen LogP contribution in [0.25, 0.3) is 10.9 Å². The van der Waals surface area contributed by atoms with Crippen LogP contribution < -0.4 is 9.64 Å². The normalized spacial score (nSPS) is 18.4. The summed E-state index contributed by atoms with van der Waals surface area (Å²) in [6.45, 7) is -2.44. The standard InChI is InChI=1S/C17H11ClF5N7O/c18-12-2-14(28-13(3-24)27-12)29-6-11(16(19,20)7-29)31-15-1-10-9(4-25-15)5-26-30(10)8-17(21,22)23/h1-2,4-5,11H,6-8H2/t11-/m0/s1. The van der Waals surface area contributed by atoms with Crippen molar-refractivity contribution in [3.8, 4) is 11.9 Å². The van der Waals surface area contributed by atoms with Gasteiger partial charge in [0, 0.05) is 23.7 Å². The molecule has 1 aliphatic heterocycles. The summed E-state index contributed by atoms with van der Waals surface area (Å²) in [5.41, 5.74) is 0.0433. The lowest BCUT2D eigenvalue weighted by atomic mass is 10.2. The number of nitriles is 1. The summed E-state index contributed by atoms with van der Waals surface area (Å²) in [6, 6.07) is 4.05. The molecule has 3 aromatic rings. The van der Waals surface area contributed by atoms with Crippen molar-refractivity contribution in [2.75, 3.05) is 18.0 Å². The average Bonchev–Trinajstić information content (AvgIpc) is 3.20. The highest BCUT2D eigenvalue weighted by atomic mass is 35.5. The fourth-order valence-electron chi connectivity index (χ4n) is 3.13. The Morgan fingerprint density at radius 1 is 1.26 bits per heavy atom. The molecule has 0 aromatic carbocycles. The van der Waals surface area contributed by atoms with Crippen molar-refractivity contribution in [1.29, 1.82) is 5.26 Å². The largest absolute Gasteiger partial charge is 0.466 e. The van der Waals surface area contributed by atoms with Crippen molar-refractivity contribution < 1.29 is 26.7 Å². The Balaban J connectivity index is 1.58. The second-order valence-corrected chi connectivity index (χ2v) is 7.12. The zero-order valence-electron chi connectivity index (χ0n) is 15.3. The number of halogens is 6. The predicted molar refractivity (Wildman–Crippen MR) is 96.9 cm³/mol. The van der Waals surface area contributed by atoms with E-state index in [1.54, 1.807) is 6.07 Å². The number of nitrogens with zero attached hydrogens (tertiary/aromatic N) is 7. The van der Waals surface area contributed by atoms with E-state index in [0.29, 0.717) is 10.1 Å². The van der Waals surface area contributed by atoms with Crippen LogP contribution in [0.4, 0.5) is 27.8 Å². The van der Waals surface area contributed by atoms with Gasteiger partial charge < -0.3 is 9.64 Å². The molecule has 4 heterocycles. The number of fused-ring (bicyclic) bond motifs is 1. The van der Waals surface area contributed by atoms with Gasteiger partial charge in [0.1, 0.15) is 23.6 Å². The van der Waals surface area contributed by atoms with E-state index in [2.05, 4.69) is 20.1 Å². The lowest BCUT2D eigenvalue weighted by Gasteiger charge is -2.18. The third-order valence-corrected chi connectivity index (χ3v) is 4.65. The molecule has 0 unspecified atom stereocenters. The van der Waals surface area contributed by atoms with Crippen molar-refractivity contribution in [1.82, 2.24) is 24.7 Å². The molecule has 31 heavy (non-hydrogen) atoms. The maximum absolute atomic E-state index is 14.6. The summed E-state index contributed by atoms with van der Waals surface area (Å²) in [5.74, 6) is -3.87. The Labute approximate surface area is 175 Å². The molecular formula is C17H11ClF5N7O. The summed E-state index contributed by atoms with van der Waals surface area (Å²) in [5, 5.41) is 12.8. The minimum atomic E-state index is -4.51. The number of pyridine rings is 1. The van der Waals surface area contributed by atoms with E-state index in [1.807, 2.05) is 0 Å². The van der Waals surface area contributed by atoms with Crippen LogP contribution in [0.1, 0.15) is 5.82 Å². The zero-order valence-corrected chi connectivity index (χ0v) is 16.1. The topological polar surface area (TPSA) is 92.8 Å². The molecule has 1 aliphatic rings. The Bertz CT molecular complexity index is 1180. The van der Waals surface area contributed by atoms with E-state index in [4.69, 9.17) is 21.6 Å². The minimum absolute atomic E-state index is 0.0222. The Morgan fingerprint density at radius 3 is 2.74 bits per heavy atom. The Kier molecular flexibility index (Phi) is 5.04. The molecule has 0 amide bonds. The van der Waals surface area contributed by atoms with Gasteiger partial charge in [-0.1, -0.05) is 11.6 Å². The minimum Gasteiger partial charge on any atom is -0.466 e. The molecule has 1 saturated heterocycles. The summed E-state index contributed by atoms with van der Waals surface area (Å²) in [7, 11) is 0. The van der Waals surface area contributed by atoms with Crippen molar-refractivity contribution in [3.63, 3.8) is 0 Å². The average molecular weight is 460 g/mol. The third kappa shape index (κ3) is 4.43. The molecule has 0 bridgehead atoms.